The lowest BCUT2D eigenvalue weighted by Crippen LogP contribution is -2.33. The number of hydrogen-bond acceptors (Lipinski definition) is 2. The Bertz CT molecular complexity index is 528. The molecule has 0 radical (unpaired) electrons. The molecule has 0 heterocycles. The Morgan fingerprint density at radius 2 is 1.85 bits per heavy atom. The molecule has 6 heteroatoms. The van der Waals surface area contributed by atoms with Gasteiger partial charge in [0.15, 0.2) is 0 Å². The number of hydrogen-bond donors (Lipinski definition) is 0. The minimum atomic E-state index is -3.11. The van der Waals surface area contributed by atoms with Gasteiger partial charge in [-0.2, -0.15) is 0 Å². The van der Waals surface area contributed by atoms with Gasteiger partial charge in [-0.3, -0.25) is 0 Å². The van der Waals surface area contributed by atoms with Crippen LogP contribution < -0.4 is 0 Å². The monoisotopic (exact) mass is 340 g/mol. The summed E-state index contributed by atoms with van der Waals surface area (Å²) >= 11 is 12.0. The number of rotatable bonds is 8. The van der Waals surface area contributed by atoms with Crippen molar-refractivity contribution in [3.8, 4) is 0 Å². The van der Waals surface area contributed by atoms with Crippen molar-refractivity contribution in [3.05, 3.63) is 35.6 Å². The van der Waals surface area contributed by atoms with Crippen LogP contribution in [0.2, 0.25) is 0 Å². The number of alkyl halides is 2. The molecule has 0 saturated carbocycles. The lowest BCUT2D eigenvalue weighted by atomic mass is 9.81. The van der Waals surface area contributed by atoms with E-state index < -0.39 is 15.3 Å². The third-order valence-electron chi connectivity index (χ3n) is 3.36. The molecule has 0 aliphatic rings. The van der Waals surface area contributed by atoms with E-state index in [0.29, 0.717) is 18.4 Å². The van der Waals surface area contributed by atoms with Crippen molar-refractivity contribution < 1.29 is 12.8 Å². The molecule has 0 amide bonds. The third-order valence-corrected chi connectivity index (χ3v) is 6.23. The highest BCUT2D eigenvalue weighted by molar-refractivity contribution is 7.91. The van der Waals surface area contributed by atoms with E-state index in [1.165, 1.54) is 12.1 Å². The van der Waals surface area contributed by atoms with E-state index in [4.69, 9.17) is 23.2 Å². The summed E-state index contributed by atoms with van der Waals surface area (Å²) in [7, 11) is -3.11. The van der Waals surface area contributed by atoms with Gasteiger partial charge in [-0.05, 0) is 30.5 Å². The normalized spacial score (nSPS) is 12.6. The van der Waals surface area contributed by atoms with Crippen LogP contribution in [0.1, 0.15) is 25.3 Å². The summed E-state index contributed by atoms with van der Waals surface area (Å²) in [6, 6.07) is 6.03. The Morgan fingerprint density at radius 1 is 1.20 bits per heavy atom. The van der Waals surface area contributed by atoms with Crippen molar-refractivity contribution in [2.24, 2.45) is 0 Å². The second-order valence-electron chi connectivity index (χ2n) is 4.96. The van der Waals surface area contributed by atoms with Crippen molar-refractivity contribution in [3.63, 3.8) is 0 Å². The summed E-state index contributed by atoms with van der Waals surface area (Å²) in [6.07, 6.45) is 0.878. The standard InChI is InChI=1S/C14H19Cl2FO2S/c1-2-7-20(18,19)8-6-14(10-15,11-16)12-4-3-5-13(17)9-12/h3-5,9H,2,6-8,10-11H2,1H3. The molecule has 20 heavy (non-hydrogen) atoms. The predicted octanol–water partition coefficient (Wildman–Crippen LogP) is 3.76. The maximum absolute atomic E-state index is 13.4. The van der Waals surface area contributed by atoms with Crippen LogP contribution in [0.15, 0.2) is 24.3 Å². The van der Waals surface area contributed by atoms with Gasteiger partial charge in [-0.15, -0.1) is 23.2 Å². The highest BCUT2D eigenvalue weighted by atomic mass is 35.5. The Morgan fingerprint density at radius 3 is 2.35 bits per heavy atom. The molecular weight excluding hydrogens is 322 g/mol. The highest BCUT2D eigenvalue weighted by Crippen LogP contribution is 2.32. The first-order valence-corrected chi connectivity index (χ1v) is 9.36. The lowest BCUT2D eigenvalue weighted by Gasteiger charge is -2.30. The van der Waals surface area contributed by atoms with Crippen LogP contribution in [0.25, 0.3) is 0 Å². The van der Waals surface area contributed by atoms with Gasteiger partial charge >= 0.3 is 0 Å². The second kappa shape index (κ2) is 7.62. The topological polar surface area (TPSA) is 34.1 Å². The largest absolute Gasteiger partial charge is 0.229 e. The van der Waals surface area contributed by atoms with Crippen LogP contribution in [0.4, 0.5) is 4.39 Å². The van der Waals surface area contributed by atoms with E-state index in [0.717, 1.165) is 0 Å². The first-order valence-electron chi connectivity index (χ1n) is 6.47. The van der Waals surface area contributed by atoms with Gasteiger partial charge in [0.05, 0.1) is 5.75 Å². The molecular formula is C14H19Cl2FO2S. The smallest absolute Gasteiger partial charge is 0.150 e. The molecule has 0 atom stereocenters. The van der Waals surface area contributed by atoms with E-state index in [2.05, 4.69) is 0 Å². The van der Waals surface area contributed by atoms with Crippen molar-refractivity contribution in [1.82, 2.24) is 0 Å². The van der Waals surface area contributed by atoms with E-state index in [1.807, 2.05) is 6.92 Å². The van der Waals surface area contributed by atoms with Gasteiger partial charge < -0.3 is 0 Å². The highest BCUT2D eigenvalue weighted by Gasteiger charge is 2.32. The molecule has 114 valence electrons. The molecule has 0 bridgehead atoms. The van der Waals surface area contributed by atoms with Gasteiger partial charge in [0, 0.05) is 22.9 Å². The fourth-order valence-electron chi connectivity index (χ4n) is 2.05. The van der Waals surface area contributed by atoms with E-state index in [1.54, 1.807) is 12.1 Å². The average Bonchev–Trinajstić information content (AvgIpc) is 2.40. The Labute approximate surface area is 130 Å². The predicted molar refractivity (Wildman–Crippen MR) is 83.1 cm³/mol. The molecule has 0 unspecified atom stereocenters. The van der Waals surface area contributed by atoms with Crippen LogP contribution in [0, 0.1) is 5.82 Å². The summed E-state index contributed by atoms with van der Waals surface area (Å²) in [5.41, 5.74) is -0.0688. The zero-order valence-electron chi connectivity index (χ0n) is 11.4. The number of sulfone groups is 1. The number of benzene rings is 1. The van der Waals surface area contributed by atoms with Crippen molar-refractivity contribution in [1.29, 1.82) is 0 Å². The van der Waals surface area contributed by atoms with Gasteiger partial charge in [0.25, 0.3) is 0 Å². The van der Waals surface area contributed by atoms with Gasteiger partial charge in [0.1, 0.15) is 15.7 Å². The van der Waals surface area contributed by atoms with Gasteiger partial charge in [-0.25, -0.2) is 12.8 Å². The molecule has 0 aliphatic carbocycles. The summed E-state index contributed by atoms with van der Waals surface area (Å²) in [4.78, 5) is 0. The van der Waals surface area contributed by atoms with Crippen LogP contribution in [-0.2, 0) is 15.3 Å². The maximum atomic E-state index is 13.4. The Kier molecular flexibility index (Phi) is 6.76. The quantitative estimate of drug-likeness (QED) is 0.675. The molecule has 0 saturated heterocycles. The van der Waals surface area contributed by atoms with Crippen molar-refractivity contribution >= 4 is 33.0 Å². The van der Waals surface area contributed by atoms with E-state index in [9.17, 15) is 12.8 Å². The molecule has 2 nitrogen and oxygen atoms in total. The van der Waals surface area contributed by atoms with Crippen molar-refractivity contribution in [2.45, 2.75) is 25.2 Å². The SMILES string of the molecule is CCCS(=O)(=O)CCC(CCl)(CCl)c1cccc(F)c1. The van der Waals surface area contributed by atoms with Gasteiger partial charge in [0.2, 0.25) is 0 Å². The summed E-state index contributed by atoms with van der Waals surface area (Å²) in [5, 5.41) is 0. The van der Waals surface area contributed by atoms with Gasteiger partial charge in [-0.1, -0.05) is 19.1 Å². The molecule has 0 aliphatic heterocycles. The van der Waals surface area contributed by atoms with Crippen molar-refractivity contribution in [2.75, 3.05) is 23.3 Å². The van der Waals surface area contributed by atoms with Crippen LogP contribution >= 0.6 is 23.2 Å². The van der Waals surface area contributed by atoms with Crippen LogP contribution in [0.3, 0.4) is 0 Å². The molecule has 0 spiro atoms. The van der Waals surface area contributed by atoms with E-state index in [-0.39, 0.29) is 29.1 Å². The minimum absolute atomic E-state index is 0.0107. The minimum Gasteiger partial charge on any atom is -0.229 e. The first-order chi connectivity index (χ1) is 9.39. The zero-order chi connectivity index (χ0) is 15.2. The molecule has 0 N–H and O–H groups in total. The van der Waals surface area contributed by atoms with Crippen LogP contribution in [-0.4, -0.2) is 31.7 Å². The summed E-state index contributed by atoms with van der Waals surface area (Å²) in [5.74, 6) is 0.0927. The third kappa shape index (κ3) is 4.61. The Hall–Kier alpha value is -0.320. The zero-order valence-corrected chi connectivity index (χ0v) is 13.7. The molecule has 1 aromatic carbocycles. The fourth-order valence-corrected chi connectivity index (χ4v) is 4.44. The molecule has 0 aromatic heterocycles. The molecule has 1 aromatic rings. The maximum Gasteiger partial charge on any atom is 0.150 e. The Balaban J connectivity index is 2.99. The second-order valence-corrected chi connectivity index (χ2v) is 7.80. The molecule has 1 rings (SSSR count). The summed E-state index contributed by atoms with van der Waals surface area (Å²) < 4.78 is 37.1. The van der Waals surface area contributed by atoms with E-state index >= 15 is 0 Å². The van der Waals surface area contributed by atoms with Crippen LogP contribution in [0.5, 0.6) is 0 Å². The summed E-state index contributed by atoms with van der Waals surface area (Å²) in [6.45, 7) is 1.82. The lowest BCUT2D eigenvalue weighted by molar-refractivity contribution is 0.506. The molecule has 0 fully saturated rings. The average molecular weight is 341 g/mol. The first kappa shape index (κ1) is 17.7. The fraction of sp³-hybridized carbons (Fsp3) is 0.571. The number of halogens is 3.